The molecule has 0 atom stereocenters. The average Bonchev–Trinajstić information content (AvgIpc) is 2.38. The third-order valence-electron chi connectivity index (χ3n) is 2.82. The van der Waals surface area contributed by atoms with E-state index in [1.54, 1.807) is 0 Å². The maximum atomic E-state index is 12.4. The van der Waals surface area contributed by atoms with Crippen molar-refractivity contribution in [3.63, 3.8) is 0 Å². The molecular weight excluding hydrogens is 308 g/mol. The summed E-state index contributed by atoms with van der Waals surface area (Å²) in [4.78, 5) is -0.0131. The summed E-state index contributed by atoms with van der Waals surface area (Å²) in [7, 11) is -4.63. The van der Waals surface area contributed by atoms with Crippen LogP contribution in [-0.4, -0.2) is 41.5 Å². The summed E-state index contributed by atoms with van der Waals surface area (Å²) in [6.07, 6.45) is 0. The van der Waals surface area contributed by atoms with Crippen molar-refractivity contribution in [2.45, 2.75) is 4.90 Å². The molecule has 0 saturated carbocycles. The first-order valence-corrected chi connectivity index (χ1v) is 8.80. The molecule has 1 aromatic rings. The first-order valence-electron chi connectivity index (χ1n) is 5.50. The molecule has 1 aliphatic heterocycles. The highest BCUT2D eigenvalue weighted by molar-refractivity contribution is 7.89. The number of sulfonamides is 1. The minimum atomic E-state index is -3.68. The van der Waals surface area contributed by atoms with Crippen LogP contribution in [0.2, 0.25) is 5.02 Å². The van der Waals surface area contributed by atoms with Crippen LogP contribution < -0.4 is 0 Å². The monoisotopic (exact) mass is 318 g/mol. The third kappa shape index (κ3) is 2.98. The van der Waals surface area contributed by atoms with Crippen LogP contribution in [-0.2, 0) is 20.8 Å². The maximum Gasteiger partial charge on any atom is 0.244 e. The molecule has 8 heteroatoms. The minimum Gasteiger partial charge on any atom is -0.259 e. The smallest absolute Gasteiger partial charge is 0.244 e. The highest BCUT2D eigenvalue weighted by atomic mass is 35.5. The lowest BCUT2D eigenvalue weighted by Crippen LogP contribution is -2.41. The maximum absolute atomic E-state index is 12.4. The molecule has 0 spiro atoms. The number of hydrogen-bond acceptors (Lipinski definition) is 4. The molecule has 2 rings (SSSR count). The molecule has 0 bridgehead atoms. The molecule has 1 aromatic carbocycles. The van der Waals surface area contributed by atoms with Gasteiger partial charge < -0.3 is 0 Å². The standard InChI is InChI=1S/C11H11ClN2O3S2/c12-10-7-9(8-13)1-2-11(10)19(16,17)14-3-5-18(15)6-4-14/h1-2,7H,3-6H2. The molecule has 19 heavy (non-hydrogen) atoms. The van der Waals surface area contributed by atoms with Crippen LogP contribution in [0, 0.1) is 11.3 Å². The van der Waals surface area contributed by atoms with Gasteiger partial charge in [0.15, 0.2) is 0 Å². The number of hydrogen-bond donors (Lipinski definition) is 0. The number of benzene rings is 1. The molecule has 1 aliphatic rings. The summed E-state index contributed by atoms with van der Waals surface area (Å²) in [5.41, 5.74) is 0.309. The second-order valence-corrected chi connectivity index (χ2v) is 8.02. The summed E-state index contributed by atoms with van der Waals surface area (Å²) in [5, 5.41) is 8.76. The Morgan fingerprint density at radius 2 is 1.95 bits per heavy atom. The van der Waals surface area contributed by atoms with Gasteiger partial charge in [0.25, 0.3) is 0 Å². The van der Waals surface area contributed by atoms with Crippen molar-refractivity contribution < 1.29 is 12.6 Å². The Morgan fingerprint density at radius 1 is 1.32 bits per heavy atom. The van der Waals surface area contributed by atoms with E-state index in [0.29, 0.717) is 17.1 Å². The van der Waals surface area contributed by atoms with E-state index in [-0.39, 0.29) is 23.0 Å². The van der Waals surface area contributed by atoms with Gasteiger partial charge in [-0.05, 0) is 18.2 Å². The van der Waals surface area contributed by atoms with Gasteiger partial charge in [0.1, 0.15) is 4.90 Å². The zero-order valence-corrected chi connectivity index (χ0v) is 12.3. The van der Waals surface area contributed by atoms with Crippen molar-refractivity contribution in [2.75, 3.05) is 24.6 Å². The third-order valence-corrected chi connectivity index (χ3v) is 6.47. The van der Waals surface area contributed by atoms with E-state index in [1.165, 1.54) is 22.5 Å². The van der Waals surface area contributed by atoms with Crippen molar-refractivity contribution in [1.82, 2.24) is 4.31 Å². The van der Waals surface area contributed by atoms with Crippen LogP contribution in [0.5, 0.6) is 0 Å². The van der Waals surface area contributed by atoms with E-state index < -0.39 is 20.8 Å². The van der Waals surface area contributed by atoms with Gasteiger partial charge in [-0.2, -0.15) is 9.57 Å². The Bertz CT molecular complexity index is 657. The first-order chi connectivity index (χ1) is 8.95. The van der Waals surface area contributed by atoms with Crippen molar-refractivity contribution in [2.24, 2.45) is 0 Å². The molecule has 5 nitrogen and oxygen atoms in total. The largest absolute Gasteiger partial charge is 0.259 e. The zero-order chi connectivity index (χ0) is 14.0. The Hall–Kier alpha value is -0.940. The number of rotatable bonds is 2. The second kappa shape index (κ2) is 5.59. The van der Waals surface area contributed by atoms with Crippen molar-refractivity contribution in [3.8, 4) is 6.07 Å². The Morgan fingerprint density at radius 3 is 2.47 bits per heavy atom. The van der Waals surface area contributed by atoms with Gasteiger partial charge in [-0.25, -0.2) is 8.42 Å². The predicted octanol–water partition coefficient (Wildman–Crippen LogP) is 0.965. The number of nitrogens with zero attached hydrogens (tertiary/aromatic N) is 2. The summed E-state index contributed by atoms with van der Waals surface area (Å²) < 4.78 is 37.3. The molecule has 0 N–H and O–H groups in total. The molecule has 0 amide bonds. The zero-order valence-electron chi connectivity index (χ0n) is 9.87. The fraction of sp³-hybridized carbons (Fsp3) is 0.364. The molecule has 0 unspecified atom stereocenters. The van der Waals surface area contributed by atoms with Crippen LogP contribution >= 0.6 is 11.6 Å². The molecule has 102 valence electrons. The summed E-state index contributed by atoms with van der Waals surface area (Å²) in [5.74, 6) is 0.681. The van der Waals surface area contributed by atoms with Crippen LogP contribution in [0.25, 0.3) is 0 Å². The van der Waals surface area contributed by atoms with Gasteiger partial charge in [-0.15, -0.1) is 0 Å². The van der Waals surface area contributed by atoms with Crippen LogP contribution in [0.1, 0.15) is 5.56 Å². The van der Waals surface area contributed by atoms with Crippen LogP contribution in [0.3, 0.4) is 0 Å². The Kier molecular flexibility index (Phi) is 4.26. The number of nitriles is 1. The summed E-state index contributed by atoms with van der Waals surface area (Å²) >= 11 is 5.92. The van der Waals surface area contributed by atoms with E-state index in [2.05, 4.69) is 0 Å². The SMILES string of the molecule is N#Cc1ccc(S(=O)(=O)N2CCS(=O)CC2)c(Cl)c1. The Balaban J connectivity index is 2.35. The lowest BCUT2D eigenvalue weighted by atomic mass is 10.2. The normalized spacial score (nSPS) is 18.1. The predicted molar refractivity (Wildman–Crippen MR) is 72.8 cm³/mol. The van der Waals surface area contributed by atoms with Gasteiger partial charge in [0.2, 0.25) is 10.0 Å². The van der Waals surface area contributed by atoms with E-state index in [4.69, 9.17) is 16.9 Å². The van der Waals surface area contributed by atoms with E-state index >= 15 is 0 Å². The Labute approximate surface area is 119 Å². The van der Waals surface area contributed by atoms with Crippen molar-refractivity contribution >= 4 is 32.4 Å². The molecule has 0 aliphatic carbocycles. The highest BCUT2D eigenvalue weighted by Crippen LogP contribution is 2.26. The van der Waals surface area contributed by atoms with Gasteiger partial charge in [-0.3, -0.25) is 4.21 Å². The fourth-order valence-electron chi connectivity index (χ4n) is 1.78. The first kappa shape index (κ1) is 14.5. The lowest BCUT2D eigenvalue weighted by molar-refractivity contribution is 0.439. The molecule has 0 radical (unpaired) electrons. The van der Waals surface area contributed by atoms with Gasteiger partial charge in [0.05, 0.1) is 16.7 Å². The lowest BCUT2D eigenvalue weighted by Gasteiger charge is -2.25. The summed E-state index contributed by atoms with van der Waals surface area (Å²) in [6.45, 7) is 0.455. The van der Waals surface area contributed by atoms with Crippen LogP contribution in [0.15, 0.2) is 23.1 Å². The van der Waals surface area contributed by atoms with Crippen molar-refractivity contribution in [3.05, 3.63) is 28.8 Å². The minimum absolute atomic E-state index is 0.0131. The summed E-state index contributed by atoms with van der Waals surface area (Å²) in [6, 6.07) is 5.98. The van der Waals surface area contributed by atoms with Gasteiger partial charge in [0, 0.05) is 35.4 Å². The average molecular weight is 319 g/mol. The second-order valence-electron chi connectivity index (χ2n) is 4.01. The quantitative estimate of drug-likeness (QED) is 0.814. The van der Waals surface area contributed by atoms with Crippen LogP contribution in [0.4, 0.5) is 0 Å². The molecular formula is C11H11ClN2O3S2. The highest BCUT2D eigenvalue weighted by Gasteiger charge is 2.29. The van der Waals surface area contributed by atoms with Gasteiger partial charge in [-0.1, -0.05) is 11.6 Å². The molecule has 1 saturated heterocycles. The fourth-order valence-corrected chi connectivity index (χ4v) is 5.02. The molecule has 0 aromatic heterocycles. The molecule has 1 heterocycles. The number of halogens is 1. The molecule has 1 fully saturated rings. The topological polar surface area (TPSA) is 78.2 Å². The van der Waals surface area contributed by atoms with Crippen molar-refractivity contribution in [1.29, 1.82) is 5.26 Å². The van der Waals surface area contributed by atoms with E-state index in [9.17, 15) is 12.6 Å². The van der Waals surface area contributed by atoms with E-state index in [0.717, 1.165) is 0 Å². The van der Waals surface area contributed by atoms with Gasteiger partial charge >= 0.3 is 0 Å². The van der Waals surface area contributed by atoms with E-state index in [1.807, 2.05) is 6.07 Å².